The Morgan fingerprint density at radius 3 is 2.59 bits per heavy atom. The highest BCUT2D eigenvalue weighted by atomic mass is 15.2. The highest BCUT2D eigenvalue weighted by Gasteiger charge is 2.31. The van der Waals surface area contributed by atoms with E-state index in [-0.39, 0.29) is 0 Å². The average molecular weight is 455 g/mol. The van der Waals surface area contributed by atoms with Gasteiger partial charge in [0.05, 0.1) is 5.70 Å². The Morgan fingerprint density at radius 1 is 1.12 bits per heavy atom. The van der Waals surface area contributed by atoms with E-state index in [1.807, 2.05) is 0 Å². The molecule has 1 saturated heterocycles. The number of amidine groups is 1. The fourth-order valence-corrected chi connectivity index (χ4v) is 5.45. The van der Waals surface area contributed by atoms with Crippen LogP contribution in [0.1, 0.15) is 76.0 Å². The first-order valence-electron chi connectivity index (χ1n) is 13.2. The Bertz CT molecular complexity index is 1120. The fraction of sp³-hybridized carbons (Fsp3) is 0.467. The van der Waals surface area contributed by atoms with Crippen molar-refractivity contribution in [1.29, 1.82) is 5.41 Å². The molecular weight excluding hydrogens is 416 g/mol. The van der Waals surface area contributed by atoms with Crippen molar-refractivity contribution in [3.63, 3.8) is 0 Å². The molecule has 1 aliphatic carbocycles. The Hall–Kier alpha value is -2.72. The number of benzene rings is 1. The third kappa shape index (κ3) is 4.61. The lowest BCUT2D eigenvalue weighted by Gasteiger charge is -2.36. The van der Waals surface area contributed by atoms with E-state index in [0.717, 1.165) is 42.0 Å². The van der Waals surface area contributed by atoms with Crippen molar-refractivity contribution >= 4 is 17.7 Å². The maximum atomic E-state index is 7.95. The van der Waals surface area contributed by atoms with Gasteiger partial charge in [-0.25, -0.2) is 4.99 Å². The van der Waals surface area contributed by atoms with Crippen LogP contribution in [0.4, 0.5) is 0 Å². The SMILES string of the molecule is CCCCc1ccc(C2=CC(=C3CC3)N3C=C(C4CCN(CC)CC4)C=C(C)C3=N2)cc1C=N. The van der Waals surface area contributed by atoms with E-state index in [1.54, 1.807) is 0 Å². The summed E-state index contributed by atoms with van der Waals surface area (Å²) >= 11 is 0. The number of fused-ring (bicyclic) bond motifs is 1. The van der Waals surface area contributed by atoms with Crippen molar-refractivity contribution in [2.75, 3.05) is 19.6 Å². The second-order valence-electron chi connectivity index (χ2n) is 10.2. The average Bonchev–Trinajstić information content (AvgIpc) is 3.72. The highest BCUT2D eigenvalue weighted by molar-refractivity contribution is 6.06. The molecule has 1 saturated carbocycles. The molecular formula is C30H38N4. The summed E-state index contributed by atoms with van der Waals surface area (Å²) in [5.41, 5.74) is 9.99. The summed E-state index contributed by atoms with van der Waals surface area (Å²) in [6.45, 7) is 10.3. The minimum Gasteiger partial charge on any atom is -0.308 e. The van der Waals surface area contributed by atoms with Gasteiger partial charge in [0.2, 0.25) is 0 Å². The van der Waals surface area contributed by atoms with E-state index in [9.17, 15) is 0 Å². The quantitative estimate of drug-likeness (QED) is 0.466. The van der Waals surface area contributed by atoms with Gasteiger partial charge in [-0.2, -0.15) is 0 Å². The Morgan fingerprint density at radius 2 is 1.91 bits per heavy atom. The molecule has 34 heavy (non-hydrogen) atoms. The molecule has 1 N–H and O–H groups in total. The molecule has 1 aromatic carbocycles. The van der Waals surface area contributed by atoms with Crippen LogP contribution >= 0.6 is 0 Å². The Labute approximate surface area is 205 Å². The van der Waals surface area contributed by atoms with Crippen molar-refractivity contribution < 1.29 is 0 Å². The highest BCUT2D eigenvalue weighted by Crippen LogP contribution is 2.41. The number of unbranched alkanes of at least 4 members (excludes halogenated alkanes) is 1. The number of piperidine rings is 1. The molecule has 5 rings (SSSR count). The first kappa shape index (κ1) is 23.0. The number of nitrogens with one attached hydrogen (secondary N) is 1. The van der Waals surface area contributed by atoms with Gasteiger partial charge in [-0.15, -0.1) is 0 Å². The topological polar surface area (TPSA) is 42.7 Å². The lowest BCUT2D eigenvalue weighted by molar-refractivity contribution is 0.208. The summed E-state index contributed by atoms with van der Waals surface area (Å²) < 4.78 is 0. The first-order valence-corrected chi connectivity index (χ1v) is 13.2. The summed E-state index contributed by atoms with van der Waals surface area (Å²) in [4.78, 5) is 10.1. The van der Waals surface area contributed by atoms with Crippen LogP contribution in [0.3, 0.4) is 0 Å². The second kappa shape index (κ2) is 9.87. The van der Waals surface area contributed by atoms with Gasteiger partial charge in [0.1, 0.15) is 5.84 Å². The number of hydrogen-bond acceptors (Lipinski definition) is 4. The van der Waals surface area contributed by atoms with Gasteiger partial charge in [0, 0.05) is 23.7 Å². The van der Waals surface area contributed by atoms with E-state index >= 15 is 0 Å². The molecule has 0 spiro atoms. The minimum atomic E-state index is 0.640. The van der Waals surface area contributed by atoms with E-state index in [2.05, 4.69) is 67.1 Å². The van der Waals surface area contributed by atoms with Crippen LogP contribution in [0.15, 0.2) is 64.0 Å². The van der Waals surface area contributed by atoms with Crippen molar-refractivity contribution in [3.05, 3.63) is 75.7 Å². The molecule has 0 radical (unpaired) electrons. The molecule has 1 aromatic rings. The van der Waals surface area contributed by atoms with Crippen LogP contribution in [0.5, 0.6) is 0 Å². The van der Waals surface area contributed by atoms with Crippen molar-refractivity contribution in [3.8, 4) is 0 Å². The van der Waals surface area contributed by atoms with Crippen LogP contribution in [-0.4, -0.2) is 41.5 Å². The summed E-state index contributed by atoms with van der Waals surface area (Å²) in [5.74, 6) is 1.70. The number of aliphatic imine (C=N–C) groups is 1. The van der Waals surface area contributed by atoms with Crippen molar-refractivity contribution in [2.45, 2.75) is 65.7 Å². The first-order chi connectivity index (χ1) is 16.6. The molecule has 2 fully saturated rings. The molecule has 4 aliphatic rings. The molecule has 0 atom stereocenters. The fourth-order valence-electron chi connectivity index (χ4n) is 5.45. The minimum absolute atomic E-state index is 0.640. The van der Waals surface area contributed by atoms with E-state index in [1.165, 1.54) is 79.4 Å². The predicted molar refractivity (Wildman–Crippen MR) is 143 cm³/mol. The number of nitrogens with zero attached hydrogens (tertiary/aromatic N) is 3. The Kier molecular flexibility index (Phi) is 6.69. The van der Waals surface area contributed by atoms with Crippen LogP contribution in [0.25, 0.3) is 5.70 Å². The summed E-state index contributed by atoms with van der Waals surface area (Å²) in [5, 5.41) is 7.95. The maximum absolute atomic E-state index is 7.95. The zero-order valence-electron chi connectivity index (χ0n) is 21.0. The molecule has 0 amide bonds. The third-order valence-electron chi connectivity index (χ3n) is 7.77. The van der Waals surface area contributed by atoms with E-state index in [0.29, 0.717) is 5.92 Å². The smallest absolute Gasteiger partial charge is 0.140 e. The molecule has 3 heterocycles. The normalized spacial score (nSPS) is 21.0. The summed E-state index contributed by atoms with van der Waals surface area (Å²) in [7, 11) is 0. The number of rotatable bonds is 7. The van der Waals surface area contributed by atoms with E-state index in [4.69, 9.17) is 10.4 Å². The molecule has 178 valence electrons. The lowest BCUT2D eigenvalue weighted by atomic mass is 9.86. The van der Waals surface area contributed by atoms with Gasteiger partial charge in [-0.3, -0.25) is 0 Å². The van der Waals surface area contributed by atoms with Gasteiger partial charge >= 0.3 is 0 Å². The van der Waals surface area contributed by atoms with Gasteiger partial charge in [0.15, 0.2) is 0 Å². The van der Waals surface area contributed by atoms with Gasteiger partial charge in [0.25, 0.3) is 0 Å². The standard InChI is InChI=1S/C30H38N4/c1-4-6-7-22-8-11-25(17-26(22)19-31)28-18-29(24-9-10-24)34-20-27(16-21(3)30(34)32-28)23-12-14-33(5-2)15-13-23/h8,11,16-20,23,31H,4-7,9-10,12-15H2,1-3H3. The van der Waals surface area contributed by atoms with Crippen molar-refractivity contribution in [1.82, 2.24) is 9.80 Å². The van der Waals surface area contributed by atoms with Gasteiger partial charge in [-0.05, 0) is 111 Å². The Balaban J connectivity index is 1.46. The predicted octanol–water partition coefficient (Wildman–Crippen LogP) is 6.71. The van der Waals surface area contributed by atoms with E-state index < -0.39 is 0 Å². The monoisotopic (exact) mass is 454 g/mol. The maximum Gasteiger partial charge on any atom is 0.140 e. The zero-order valence-corrected chi connectivity index (χ0v) is 21.0. The summed E-state index contributed by atoms with van der Waals surface area (Å²) in [6.07, 6.45) is 16.8. The molecule has 0 aromatic heterocycles. The number of allylic oxidation sites excluding steroid dienone is 4. The molecule has 0 unspecified atom stereocenters. The van der Waals surface area contributed by atoms with Crippen LogP contribution < -0.4 is 0 Å². The van der Waals surface area contributed by atoms with Gasteiger partial charge < -0.3 is 15.2 Å². The van der Waals surface area contributed by atoms with Gasteiger partial charge in [-0.1, -0.05) is 38.5 Å². The number of aryl methyl sites for hydroxylation is 1. The molecule has 0 bridgehead atoms. The molecule has 4 nitrogen and oxygen atoms in total. The largest absolute Gasteiger partial charge is 0.308 e. The second-order valence-corrected chi connectivity index (χ2v) is 10.2. The number of likely N-dealkylation sites (tertiary alicyclic amines) is 1. The summed E-state index contributed by atoms with van der Waals surface area (Å²) in [6, 6.07) is 6.56. The zero-order chi connectivity index (χ0) is 23.7. The van der Waals surface area contributed by atoms with Crippen LogP contribution in [0, 0.1) is 11.3 Å². The molecule has 4 heteroatoms. The van der Waals surface area contributed by atoms with Crippen LogP contribution in [0.2, 0.25) is 0 Å². The molecule has 3 aliphatic heterocycles. The third-order valence-corrected chi connectivity index (χ3v) is 7.77. The van der Waals surface area contributed by atoms with Crippen molar-refractivity contribution in [2.24, 2.45) is 10.9 Å². The number of hydrogen-bond donors (Lipinski definition) is 1. The van der Waals surface area contributed by atoms with Crippen LogP contribution in [-0.2, 0) is 6.42 Å². The lowest BCUT2D eigenvalue weighted by Crippen LogP contribution is -2.36.